The lowest BCUT2D eigenvalue weighted by atomic mass is 10.1. The highest BCUT2D eigenvalue weighted by molar-refractivity contribution is 5.96. The summed E-state index contributed by atoms with van der Waals surface area (Å²) < 4.78 is 11.5. The van der Waals surface area contributed by atoms with Gasteiger partial charge in [0.05, 0.1) is 12.7 Å². The minimum atomic E-state index is -0.248. The van der Waals surface area contributed by atoms with E-state index in [0.29, 0.717) is 37.6 Å². The van der Waals surface area contributed by atoms with E-state index < -0.39 is 0 Å². The number of nitrogens with zero attached hydrogens (tertiary/aromatic N) is 2. The van der Waals surface area contributed by atoms with Crippen molar-refractivity contribution in [2.75, 3.05) is 13.7 Å². The predicted octanol–water partition coefficient (Wildman–Crippen LogP) is 5.26. The summed E-state index contributed by atoms with van der Waals surface area (Å²) in [5.74, 6) is 0.940. The Bertz CT molecular complexity index is 1250. The van der Waals surface area contributed by atoms with Gasteiger partial charge < -0.3 is 19.5 Å². The third-order valence-electron chi connectivity index (χ3n) is 5.62. The lowest BCUT2D eigenvalue weighted by Crippen LogP contribution is -2.32. The smallest absolute Gasteiger partial charge is 0.257 e. The maximum atomic E-state index is 13.4. The van der Waals surface area contributed by atoms with Gasteiger partial charge in [0.1, 0.15) is 12.4 Å². The molecule has 4 aromatic rings. The van der Waals surface area contributed by atoms with Crippen molar-refractivity contribution in [2.24, 2.45) is 0 Å². The maximum absolute atomic E-state index is 13.4. The van der Waals surface area contributed by atoms with Crippen molar-refractivity contribution in [1.82, 2.24) is 9.88 Å². The van der Waals surface area contributed by atoms with Crippen LogP contribution in [0.4, 0.5) is 0 Å². The topological polar surface area (TPSA) is 71.9 Å². The van der Waals surface area contributed by atoms with Gasteiger partial charge in [-0.25, -0.2) is 0 Å². The Kier molecular flexibility index (Phi) is 7.96. The number of benzene rings is 3. The van der Waals surface area contributed by atoms with Crippen molar-refractivity contribution in [3.63, 3.8) is 0 Å². The van der Waals surface area contributed by atoms with Crippen molar-refractivity contribution in [3.05, 3.63) is 120 Å². The number of hydrogen-bond donors (Lipinski definition) is 1. The standard InChI is InChI=1S/C29H28N2O4/c1-34-28-19-23(14-15-27(28)35-21-22-9-3-2-4-10-22)20-31(18-16-24-11-7-8-17-30-24)29(33)25-12-5-6-13-26(25)32/h2-15,17,19,32H,16,18,20-21H2,1H3. The number of methoxy groups -OCH3 is 1. The van der Waals surface area contributed by atoms with Crippen LogP contribution in [-0.2, 0) is 19.6 Å². The second-order valence-electron chi connectivity index (χ2n) is 8.07. The average molecular weight is 469 g/mol. The van der Waals surface area contributed by atoms with Gasteiger partial charge in [0.25, 0.3) is 5.91 Å². The lowest BCUT2D eigenvalue weighted by molar-refractivity contribution is 0.0741. The molecule has 1 heterocycles. The third kappa shape index (κ3) is 6.38. The van der Waals surface area contributed by atoms with Crippen LogP contribution in [0, 0.1) is 0 Å². The molecule has 0 spiro atoms. The first-order chi connectivity index (χ1) is 17.1. The molecule has 0 unspecified atom stereocenters. The van der Waals surface area contributed by atoms with E-state index in [1.807, 2.05) is 66.7 Å². The highest BCUT2D eigenvalue weighted by Gasteiger charge is 2.20. The van der Waals surface area contributed by atoms with Crippen LogP contribution in [0.15, 0.2) is 97.2 Å². The molecule has 1 amide bonds. The monoisotopic (exact) mass is 468 g/mol. The third-order valence-corrected chi connectivity index (χ3v) is 5.62. The summed E-state index contributed by atoms with van der Waals surface area (Å²) in [6.07, 6.45) is 2.33. The van der Waals surface area contributed by atoms with E-state index in [-0.39, 0.29) is 17.2 Å². The fourth-order valence-corrected chi connectivity index (χ4v) is 3.76. The number of rotatable bonds is 10. The Labute approximate surface area is 205 Å². The van der Waals surface area contributed by atoms with Gasteiger partial charge >= 0.3 is 0 Å². The van der Waals surface area contributed by atoms with Gasteiger partial charge in [0, 0.05) is 31.4 Å². The Balaban J connectivity index is 1.53. The number of carbonyl (C=O) groups is 1. The number of ether oxygens (including phenoxy) is 2. The van der Waals surface area contributed by atoms with Crippen LogP contribution in [0.25, 0.3) is 0 Å². The van der Waals surface area contributed by atoms with Crippen LogP contribution in [0.1, 0.15) is 27.2 Å². The quantitative estimate of drug-likeness (QED) is 0.344. The van der Waals surface area contributed by atoms with Crippen LogP contribution >= 0.6 is 0 Å². The minimum absolute atomic E-state index is 0.0393. The zero-order valence-corrected chi connectivity index (χ0v) is 19.6. The van der Waals surface area contributed by atoms with E-state index in [4.69, 9.17) is 9.47 Å². The van der Waals surface area contributed by atoms with E-state index in [0.717, 1.165) is 16.8 Å². The fourth-order valence-electron chi connectivity index (χ4n) is 3.76. The second kappa shape index (κ2) is 11.7. The Hall–Kier alpha value is -4.32. The summed E-state index contributed by atoms with van der Waals surface area (Å²) in [5, 5.41) is 10.3. The molecule has 0 aliphatic carbocycles. The molecule has 0 saturated carbocycles. The minimum Gasteiger partial charge on any atom is -0.507 e. The Morgan fingerprint density at radius 2 is 1.66 bits per heavy atom. The second-order valence-corrected chi connectivity index (χ2v) is 8.07. The highest BCUT2D eigenvalue weighted by Crippen LogP contribution is 2.30. The summed E-state index contributed by atoms with van der Waals surface area (Å²) >= 11 is 0. The average Bonchev–Trinajstić information content (AvgIpc) is 2.91. The van der Waals surface area contributed by atoms with Crippen LogP contribution < -0.4 is 9.47 Å². The molecule has 4 rings (SSSR count). The van der Waals surface area contributed by atoms with Crippen LogP contribution in [0.3, 0.4) is 0 Å². The van der Waals surface area contributed by atoms with Crippen molar-refractivity contribution in [1.29, 1.82) is 0 Å². The van der Waals surface area contributed by atoms with Gasteiger partial charge in [-0.15, -0.1) is 0 Å². The van der Waals surface area contributed by atoms with Gasteiger partial charge in [-0.1, -0.05) is 54.6 Å². The van der Waals surface area contributed by atoms with Crippen LogP contribution in [-0.4, -0.2) is 34.6 Å². The number of phenols is 1. The molecule has 0 aliphatic heterocycles. The molecular weight excluding hydrogens is 440 g/mol. The van der Waals surface area contributed by atoms with E-state index >= 15 is 0 Å². The van der Waals surface area contributed by atoms with Crippen molar-refractivity contribution in [2.45, 2.75) is 19.6 Å². The molecule has 6 nitrogen and oxygen atoms in total. The van der Waals surface area contributed by atoms with Crippen molar-refractivity contribution >= 4 is 5.91 Å². The van der Waals surface area contributed by atoms with Gasteiger partial charge in [-0.05, 0) is 47.5 Å². The van der Waals surface area contributed by atoms with E-state index in [1.54, 1.807) is 36.4 Å². The molecule has 6 heteroatoms. The summed E-state index contributed by atoms with van der Waals surface area (Å²) in [7, 11) is 1.60. The zero-order valence-electron chi connectivity index (χ0n) is 19.6. The first kappa shape index (κ1) is 23.8. The van der Waals surface area contributed by atoms with E-state index in [1.165, 1.54) is 6.07 Å². The molecule has 0 saturated heterocycles. The molecule has 1 aromatic heterocycles. The first-order valence-corrected chi connectivity index (χ1v) is 11.4. The maximum Gasteiger partial charge on any atom is 0.257 e. The molecule has 1 N–H and O–H groups in total. The van der Waals surface area contributed by atoms with Gasteiger partial charge in [0.2, 0.25) is 0 Å². The zero-order chi connectivity index (χ0) is 24.5. The molecule has 3 aromatic carbocycles. The summed E-state index contributed by atoms with van der Waals surface area (Å²) in [6.45, 7) is 1.21. The summed E-state index contributed by atoms with van der Waals surface area (Å²) in [4.78, 5) is 19.4. The highest BCUT2D eigenvalue weighted by atomic mass is 16.5. The predicted molar refractivity (Wildman–Crippen MR) is 135 cm³/mol. The summed E-state index contributed by atoms with van der Waals surface area (Å²) in [6, 6.07) is 27.9. The fraction of sp³-hybridized carbons (Fsp3) is 0.172. The molecule has 0 fully saturated rings. The number of para-hydroxylation sites is 1. The summed E-state index contributed by atoms with van der Waals surface area (Å²) in [5.41, 5.74) is 3.11. The molecule has 0 bridgehead atoms. The Morgan fingerprint density at radius 1 is 0.886 bits per heavy atom. The molecule has 178 valence electrons. The molecule has 0 aliphatic rings. The number of amides is 1. The normalized spacial score (nSPS) is 10.5. The number of pyridine rings is 1. The molecular formula is C29H28N2O4. The molecule has 35 heavy (non-hydrogen) atoms. The largest absolute Gasteiger partial charge is 0.507 e. The van der Waals surface area contributed by atoms with Gasteiger partial charge in [-0.2, -0.15) is 0 Å². The van der Waals surface area contributed by atoms with E-state index in [9.17, 15) is 9.90 Å². The van der Waals surface area contributed by atoms with Gasteiger partial charge in [-0.3, -0.25) is 9.78 Å². The Morgan fingerprint density at radius 3 is 2.40 bits per heavy atom. The van der Waals surface area contributed by atoms with Crippen molar-refractivity contribution < 1.29 is 19.4 Å². The number of aromatic hydroxyl groups is 1. The van der Waals surface area contributed by atoms with Crippen molar-refractivity contribution in [3.8, 4) is 17.2 Å². The molecule has 0 atom stereocenters. The number of aromatic nitrogens is 1. The SMILES string of the molecule is COc1cc(CN(CCc2ccccn2)C(=O)c2ccccc2O)ccc1OCc1ccccc1. The number of phenolic OH excluding ortho intramolecular Hbond substituents is 1. The van der Waals surface area contributed by atoms with Gasteiger partial charge in [0.15, 0.2) is 11.5 Å². The number of hydrogen-bond acceptors (Lipinski definition) is 5. The number of carbonyl (C=O) groups excluding carboxylic acids is 1. The first-order valence-electron chi connectivity index (χ1n) is 11.4. The van der Waals surface area contributed by atoms with Crippen LogP contribution in [0.5, 0.6) is 17.2 Å². The van der Waals surface area contributed by atoms with Crippen LogP contribution in [0.2, 0.25) is 0 Å². The van der Waals surface area contributed by atoms with E-state index in [2.05, 4.69) is 4.98 Å². The molecule has 0 radical (unpaired) electrons. The lowest BCUT2D eigenvalue weighted by Gasteiger charge is -2.24.